The van der Waals surface area contributed by atoms with Gasteiger partial charge in [-0.3, -0.25) is 9.59 Å². The molecule has 1 fully saturated rings. The van der Waals surface area contributed by atoms with E-state index in [1.54, 1.807) is 12.1 Å². The molecule has 2 N–H and O–H groups in total. The second-order valence-corrected chi connectivity index (χ2v) is 8.51. The largest absolute Gasteiger partial charge is 0.370 e. The van der Waals surface area contributed by atoms with E-state index in [2.05, 4.69) is 0 Å². The maximum absolute atomic E-state index is 11.7. The molecule has 1 amide bonds. The van der Waals surface area contributed by atoms with Gasteiger partial charge in [0.25, 0.3) is 0 Å². The molecule has 2 rings (SSSR count). The molecule has 1 aliphatic rings. The second-order valence-electron chi connectivity index (χ2n) is 6.12. The monoisotopic (exact) mass is 357 g/mol. The lowest BCUT2D eigenvalue weighted by Crippen LogP contribution is -2.25. The Labute approximate surface area is 141 Å². The van der Waals surface area contributed by atoms with Gasteiger partial charge in [0.2, 0.25) is 5.91 Å². The molecular formula is C16H20ClNO4S. The van der Waals surface area contributed by atoms with Crippen molar-refractivity contribution in [2.45, 2.75) is 42.9 Å². The predicted octanol–water partition coefficient (Wildman–Crippen LogP) is 2.46. The van der Waals surface area contributed by atoms with E-state index in [1.807, 2.05) is 0 Å². The number of carbonyl (C=O) groups is 2. The molecule has 0 radical (unpaired) electrons. The van der Waals surface area contributed by atoms with E-state index in [1.165, 1.54) is 6.07 Å². The third-order valence-corrected chi connectivity index (χ3v) is 5.94. The number of amides is 1. The number of ketones is 1. The smallest absolute Gasteiger partial charge is 0.218 e. The number of hydrogen-bond acceptors (Lipinski definition) is 4. The summed E-state index contributed by atoms with van der Waals surface area (Å²) in [6.07, 6.45) is 3.70. The fourth-order valence-corrected chi connectivity index (χ4v) is 4.52. The molecule has 1 aromatic rings. The average Bonchev–Trinajstić information content (AvgIpc) is 2.44. The Morgan fingerprint density at radius 3 is 2.43 bits per heavy atom. The summed E-state index contributed by atoms with van der Waals surface area (Å²) >= 11 is 6.11. The first kappa shape index (κ1) is 17.9. The summed E-state index contributed by atoms with van der Waals surface area (Å²) in [5.74, 6) is -0.160. The predicted molar refractivity (Wildman–Crippen MR) is 88.1 cm³/mol. The molecule has 1 atom stereocenters. The van der Waals surface area contributed by atoms with Gasteiger partial charge >= 0.3 is 0 Å². The number of sulfone groups is 1. The molecule has 1 saturated carbocycles. The van der Waals surface area contributed by atoms with Crippen LogP contribution >= 0.6 is 11.6 Å². The molecule has 0 aliphatic heterocycles. The van der Waals surface area contributed by atoms with E-state index < -0.39 is 15.7 Å². The zero-order valence-corrected chi connectivity index (χ0v) is 14.5. The maximum atomic E-state index is 11.7. The molecular weight excluding hydrogens is 338 g/mol. The van der Waals surface area contributed by atoms with Crippen molar-refractivity contribution in [2.75, 3.05) is 6.26 Å². The summed E-state index contributed by atoms with van der Waals surface area (Å²) in [4.78, 5) is 22.9. The topological polar surface area (TPSA) is 94.3 Å². The zero-order chi connectivity index (χ0) is 17.2. The van der Waals surface area contributed by atoms with Crippen molar-refractivity contribution in [3.63, 3.8) is 0 Å². The Hall–Kier alpha value is -1.40. The molecule has 1 aromatic carbocycles. The Morgan fingerprint density at radius 1 is 1.35 bits per heavy atom. The van der Waals surface area contributed by atoms with Crippen LogP contribution in [0.3, 0.4) is 0 Å². The van der Waals surface area contributed by atoms with E-state index in [4.69, 9.17) is 17.3 Å². The van der Waals surface area contributed by atoms with Gasteiger partial charge < -0.3 is 5.73 Å². The summed E-state index contributed by atoms with van der Waals surface area (Å²) in [6, 6.07) is 4.75. The summed E-state index contributed by atoms with van der Waals surface area (Å²) < 4.78 is 23.3. The highest BCUT2D eigenvalue weighted by molar-refractivity contribution is 7.90. The van der Waals surface area contributed by atoms with Crippen molar-refractivity contribution >= 4 is 33.1 Å². The molecule has 0 aromatic heterocycles. The first-order chi connectivity index (χ1) is 10.7. The fraction of sp³-hybridized carbons (Fsp3) is 0.500. The van der Waals surface area contributed by atoms with Crippen LogP contribution in [0, 0.1) is 5.92 Å². The Bertz CT molecular complexity index is 720. The Balaban J connectivity index is 2.34. The average molecular weight is 358 g/mol. The van der Waals surface area contributed by atoms with Crippen molar-refractivity contribution < 1.29 is 18.0 Å². The van der Waals surface area contributed by atoms with Gasteiger partial charge in [-0.25, -0.2) is 8.42 Å². The molecule has 0 bridgehead atoms. The molecule has 5 nitrogen and oxygen atoms in total. The van der Waals surface area contributed by atoms with Crippen LogP contribution in [0.1, 0.15) is 43.6 Å². The maximum Gasteiger partial charge on any atom is 0.218 e. The van der Waals surface area contributed by atoms with Crippen LogP contribution in [0.4, 0.5) is 0 Å². The SMILES string of the molecule is CS(=O)(=O)c1ccc(C(CC(N)=O)C2CCC(=O)CC2)cc1Cl. The van der Waals surface area contributed by atoms with Gasteiger partial charge in [0.1, 0.15) is 5.78 Å². The van der Waals surface area contributed by atoms with E-state index in [-0.39, 0.29) is 34.0 Å². The highest BCUT2D eigenvalue weighted by atomic mass is 35.5. The van der Waals surface area contributed by atoms with E-state index in [0.29, 0.717) is 25.7 Å². The van der Waals surface area contributed by atoms with Gasteiger partial charge in [0.05, 0.1) is 9.92 Å². The summed E-state index contributed by atoms with van der Waals surface area (Å²) in [5, 5.41) is 0.145. The van der Waals surface area contributed by atoms with Crippen LogP contribution in [0.5, 0.6) is 0 Å². The molecule has 23 heavy (non-hydrogen) atoms. The normalized spacial score (nSPS) is 17.9. The number of halogens is 1. The first-order valence-electron chi connectivity index (χ1n) is 7.48. The summed E-state index contributed by atoms with van der Waals surface area (Å²) in [5.41, 5.74) is 6.16. The van der Waals surface area contributed by atoms with Gasteiger partial charge in [-0.15, -0.1) is 0 Å². The Kier molecular flexibility index (Phi) is 5.47. The summed E-state index contributed by atoms with van der Waals surface area (Å²) in [7, 11) is -3.40. The van der Waals surface area contributed by atoms with Crippen LogP contribution in [0.15, 0.2) is 23.1 Å². The number of hydrogen-bond donors (Lipinski definition) is 1. The molecule has 7 heteroatoms. The highest BCUT2D eigenvalue weighted by Gasteiger charge is 2.29. The molecule has 126 valence electrons. The second kappa shape index (κ2) is 7.01. The third-order valence-electron chi connectivity index (χ3n) is 4.36. The van der Waals surface area contributed by atoms with Gasteiger partial charge in [-0.05, 0) is 42.4 Å². The number of Topliss-reactive ketones (excluding diaryl/α,β-unsaturated/α-hetero) is 1. The van der Waals surface area contributed by atoms with Gasteiger partial charge in [0.15, 0.2) is 9.84 Å². The molecule has 0 spiro atoms. The van der Waals surface area contributed by atoms with E-state index >= 15 is 0 Å². The number of nitrogens with two attached hydrogens (primary N) is 1. The van der Waals surface area contributed by atoms with Crippen LogP contribution < -0.4 is 5.73 Å². The zero-order valence-electron chi connectivity index (χ0n) is 12.9. The van der Waals surface area contributed by atoms with Crippen molar-refractivity contribution in [3.8, 4) is 0 Å². The minimum Gasteiger partial charge on any atom is -0.370 e. The summed E-state index contributed by atoms with van der Waals surface area (Å²) in [6.45, 7) is 0. The molecule has 0 saturated heterocycles. The van der Waals surface area contributed by atoms with Crippen molar-refractivity contribution in [3.05, 3.63) is 28.8 Å². The first-order valence-corrected chi connectivity index (χ1v) is 9.75. The number of rotatable bonds is 5. The van der Waals surface area contributed by atoms with Crippen LogP contribution in [-0.2, 0) is 19.4 Å². The lowest BCUT2D eigenvalue weighted by molar-refractivity contribution is -0.121. The van der Waals surface area contributed by atoms with Gasteiger partial charge in [-0.1, -0.05) is 17.7 Å². The molecule has 1 unspecified atom stereocenters. The fourth-order valence-electron chi connectivity index (χ4n) is 3.19. The molecule has 1 aliphatic carbocycles. The number of benzene rings is 1. The third kappa shape index (κ3) is 4.54. The minimum atomic E-state index is -3.40. The highest BCUT2D eigenvalue weighted by Crippen LogP contribution is 2.38. The van der Waals surface area contributed by atoms with Crippen LogP contribution in [0.25, 0.3) is 0 Å². The van der Waals surface area contributed by atoms with Gasteiger partial charge in [0, 0.05) is 25.5 Å². The van der Waals surface area contributed by atoms with E-state index in [9.17, 15) is 18.0 Å². The van der Waals surface area contributed by atoms with E-state index in [0.717, 1.165) is 11.8 Å². The standard InChI is InChI=1S/C16H20ClNO4S/c1-23(21,22)15-7-4-11(8-14(15)17)13(9-16(18)20)10-2-5-12(19)6-3-10/h4,7-8,10,13H,2-3,5-6,9H2,1H3,(H2,18,20). The minimum absolute atomic E-state index is 0.0690. The number of primary amides is 1. The van der Waals surface area contributed by atoms with Crippen molar-refractivity contribution in [1.82, 2.24) is 0 Å². The van der Waals surface area contributed by atoms with Crippen molar-refractivity contribution in [1.29, 1.82) is 0 Å². The quantitative estimate of drug-likeness (QED) is 0.875. The van der Waals surface area contributed by atoms with Crippen LogP contribution in [-0.4, -0.2) is 26.4 Å². The van der Waals surface area contributed by atoms with Gasteiger partial charge in [-0.2, -0.15) is 0 Å². The number of carbonyl (C=O) groups excluding carboxylic acids is 2. The molecule has 0 heterocycles. The lowest BCUT2D eigenvalue weighted by atomic mass is 9.75. The van der Waals surface area contributed by atoms with Crippen molar-refractivity contribution in [2.24, 2.45) is 11.7 Å². The Morgan fingerprint density at radius 2 is 1.96 bits per heavy atom. The van der Waals surface area contributed by atoms with Crippen LogP contribution in [0.2, 0.25) is 5.02 Å². The lowest BCUT2D eigenvalue weighted by Gasteiger charge is -2.29.